The summed E-state index contributed by atoms with van der Waals surface area (Å²) in [5.74, 6) is -0.529. The predicted molar refractivity (Wildman–Crippen MR) is 135 cm³/mol. The lowest BCUT2D eigenvalue weighted by atomic mass is 10.1. The van der Waals surface area contributed by atoms with E-state index >= 15 is 0 Å². The number of hydrogen-bond acceptors (Lipinski definition) is 6. The number of halogens is 3. The highest BCUT2D eigenvalue weighted by Gasteiger charge is 2.49. The second-order valence-corrected chi connectivity index (χ2v) is 22.5. The molecule has 0 fully saturated rings. The molecule has 0 bridgehead atoms. The van der Waals surface area contributed by atoms with Gasteiger partial charge >= 0.3 is 15.6 Å². The van der Waals surface area contributed by atoms with Gasteiger partial charge in [-0.15, -0.1) is 6.58 Å². The minimum atomic E-state index is -5.89. The van der Waals surface area contributed by atoms with Crippen molar-refractivity contribution in [2.75, 3.05) is 6.61 Å². The van der Waals surface area contributed by atoms with Crippen molar-refractivity contribution in [1.29, 1.82) is 0 Å². The van der Waals surface area contributed by atoms with Crippen LogP contribution in [0.15, 0.2) is 24.5 Å². The van der Waals surface area contributed by atoms with Gasteiger partial charge in [-0.25, -0.2) is 0 Å². The van der Waals surface area contributed by atoms with E-state index in [9.17, 15) is 26.7 Å². The zero-order chi connectivity index (χ0) is 27.4. The molecule has 2 atom stereocenters. The van der Waals surface area contributed by atoms with Gasteiger partial charge in [-0.05, 0) is 42.3 Å². The maximum absolute atomic E-state index is 12.9. The Balaban J connectivity index is 6.12. The Morgan fingerprint density at radius 2 is 1.41 bits per heavy atom. The summed E-state index contributed by atoms with van der Waals surface area (Å²) in [6.45, 7) is 23.6. The van der Waals surface area contributed by atoms with Crippen molar-refractivity contribution in [3.63, 3.8) is 0 Å². The minimum Gasteiger partial charge on any atom is -0.413 e. The molecule has 0 aliphatic heterocycles. The van der Waals surface area contributed by atoms with E-state index in [1.807, 2.05) is 33.9 Å². The Morgan fingerprint density at radius 1 is 0.971 bits per heavy atom. The molecule has 0 saturated carbocycles. The van der Waals surface area contributed by atoms with Gasteiger partial charge in [0.15, 0.2) is 16.6 Å². The molecule has 6 nitrogen and oxygen atoms in total. The molecule has 34 heavy (non-hydrogen) atoms. The summed E-state index contributed by atoms with van der Waals surface area (Å²) in [6.07, 6.45) is 1.29. The van der Waals surface area contributed by atoms with Crippen LogP contribution in [0.5, 0.6) is 0 Å². The van der Waals surface area contributed by atoms with Crippen LogP contribution in [0.2, 0.25) is 36.3 Å². The minimum absolute atomic E-state index is 0.0874. The lowest BCUT2D eigenvalue weighted by molar-refractivity contribution is -0.0527. The third-order valence-corrected chi connectivity index (χ3v) is 16.6. The Labute approximate surface area is 205 Å². The topological polar surface area (TPSA) is 82.1 Å². The highest BCUT2D eigenvalue weighted by Crippen LogP contribution is 2.41. The van der Waals surface area contributed by atoms with Crippen LogP contribution in [0.4, 0.5) is 13.2 Å². The van der Waals surface area contributed by atoms with E-state index in [4.69, 9.17) is 8.85 Å². The Bertz CT molecular complexity index is 810. The van der Waals surface area contributed by atoms with Crippen LogP contribution < -0.4 is 0 Å². The second kappa shape index (κ2) is 11.6. The molecule has 0 radical (unpaired) electrons. The summed E-state index contributed by atoms with van der Waals surface area (Å²) in [5, 5.41) is 8.98. The maximum Gasteiger partial charge on any atom is 0.534 e. The fraction of sp³-hybridized carbons (Fsp3) is 0.818. The van der Waals surface area contributed by atoms with Crippen molar-refractivity contribution in [2.45, 2.75) is 108 Å². The highest BCUT2D eigenvalue weighted by atomic mass is 32.2. The molecule has 0 heterocycles. The third kappa shape index (κ3) is 9.77. The number of rotatable bonds is 12. The maximum atomic E-state index is 12.9. The molecule has 1 N–H and O–H groups in total. The van der Waals surface area contributed by atoms with E-state index < -0.39 is 56.8 Å². The summed E-state index contributed by atoms with van der Waals surface area (Å²) >= 11 is 0. The summed E-state index contributed by atoms with van der Waals surface area (Å²) in [4.78, 5) is 0. The van der Waals surface area contributed by atoms with Gasteiger partial charge < -0.3 is 18.1 Å². The molecular weight excluding hydrogens is 505 g/mol. The average Bonchev–Trinajstić information content (AvgIpc) is 2.57. The number of alkyl halides is 3. The molecule has 0 aromatic carbocycles. The van der Waals surface area contributed by atoms with Gasteiger partial charge in [0, 0.05) is 12.8 Å². The van der Waals surface area contributed by atoms with Crippen LogP contribution in [-0.4, -0.2) is 54.5 Å². The Morgan fingerprint density at radius 3 is 1.76 bits per heavy atom. The van der Waals surface area contributed by atoms with Crippen molar-refractivity contribution in [3.05, 3.63) is 24.5 Å². The summed E-state index contributed by atoms with van der Waals surface area (Å²) in [6, 6.07) is 0. The molecule has 0 aromatic rings. The van der Waals surface area contributed by atoms with Crippen molar-refractivity contribution < 1.29 is 39.7 Å². The first-order valence-electron chi connectivity index (χ1n) is 11.2. The van der Waals surface area contributed by atoms with Crippen LogP contribution in [0.1, 0.15) is 54.4 Å². The lowest BCUT2D eigenvalue weighted by Gasteiger charge is -2.42. The predicted octanol–water partition coefficient (Wildman–Crippen LogP) is 6.48. The Hall–Kier alpha value is -0.666. The van der Waals surface area contributed by atoms with Crippen molar-refractivity contribution in [2.24, 2.45) is 0 Å². The van der Waals surface area contributed by atoms with Crippen LogP contribution in [0.3, 0.4) is 0 Å². The number of aliphatic hydroxyl groups excluding tert-OH is 1. The van der Waals surface area contributed by atoms with Gasteiger partial charge in [-0.1, -0.05) is 47.6 Å². The first kappa shape index (κ1) is 33.3. The van der Waals surface area contributed by atoms with E-state index in [2.05, 4.69) is 44.6 Å². The van der Waals surface area contributed by atoms with Gasteiger partial charge in [0.05, 0.1) is 18.8 Å². The van der Waals surface area contributed by atoms with Crippen LogP contribution in [0.25, 0.3) is 0 Å². The largest absolute Gasteiger partial charge is 0.534 e. The van der Waals surface area contributed by atoms with E-state index in [1.165, 1.54) is 0 Å². The quantitative estimate of drug-likeness (QED) is 0.0989. The molecule has 202 valence electrons. The molecule has 0 unspecified atom stereocenters. The van der Waals surface area contributed by atoms with Gasteiger partial charge in [0.25, 0.3) is 0 Å². The molecule has 12 heteroatoms. The zero-order valence-corrected chi connectivity index (χ0v) is 25.0. The molecule has 0 aliphatic rings. The fourth-order valence-electron chi connectivity index (χ4n) is 2.44. The van der Waals surface area contributed by atoms with E-state index in [0.29, 0.717) is 0 Å². The second-order valence-electron chi connectivity index (χ2n) is 11.4. The summed E-state index contributed by atoms with van der Waals surface area (Å²) in [7, 11) is -10.5. The number of aliphatic hydroxyl groups is 1. The van der Waals surface area contributed by atoms with E-state index in [1.54, 1.807) is 6.08 Å². The third-order valence-electron chi connectivity index (χ3n) is 6.53. The van der Waals surface area contributed by atoms with Crippen molar-refractivity contribution >= 4 is 26.8 Å². The van der Waals surface area contributed by atoms with Gasteiger partial charge in [-0.2, -0.15) is 21.6 Å². The summed E-state index contributed by atoms with van der Waals surface area (Å²) < 4.78 is 79.2. The molecule has 0 aromatic heterocycles. The first-order valence-corrected chi connectivity index (χ1v) is 18.4. The van der Waals surface area contributed by atoms with Gasteiger partial charge in [0.2, 0.25) is 0 Å². The Kier molecular flexibility index (Phi) is 11.4. The molecule has 0 aliphatic carbocycles. The smallest absolute Gasteiger partial charge is 0.413 e. The monoisotopic (exact) mass is 548 g/mol. The van der Waals surface area contributed by atoms with Gasteiger partial charge in [-0.3, -0.25) is 0 Å². The van der Waals surface area contributed by atoms with Gasteiger partial charge in [0.1, 0.15) is 5.76 Å². The molecule has 0 saturated heterocycles. The number of hydrogen-bond donors (Lipinski definition) is 1. The van der Waals surface area contributed by atoms with E-state index in [0.717, 1.165) is 6.08 Å². The van der Waals surface area contributed by atoms with Crippen LogP contribution in [0, 0.1) is 0 Å². The SMILES string of the molecule is C=C[C@H](C[C@@H](C/C(=C/CO)OS(=O)(=O)C(F)(F)F)O[Si](C)(C)C(C)(C)C)O[Si](C)(C)C(C)(C)C. The standard InChI is InChI=1S/C22H43F3O6SSi2/c1-12-17(30-33(8,9)20(2,3)4)15-19(31-34(10,11)21(5,6)7)16-18(13-14-26)29-32(27,28)22(23,24)25/h12-13,17,19,26H,1,14-16H2,2-11H3/b18-13-/t17-,19+/m1/s1. The highest BCUT2D eigenvalue weighted by molar-refractivity contribution is 7.87. The van der Waals surface area contributed by atoms with Crippen LogP contribution in [-0.2, 0) is 23.2 Å². The molecule has 0 amide bonds. The van der Waals surface area contributed by atoms with Crippen molar-refractivity contribution in [1.82, 2.24) is 0 Å². The van der Waals surface area contributed by atoms with Crippen LogP contribution >= 0.6 is 0 Å². The first-order chi connectivity index (χ1) is 14.9. The molecule has 0 spiro atoms. The summed E-state index contributed by atoms with van der Waals surface area (Å²) in [5.41, 5.74) is -5.59. The molecular formula is C22H43F3O6SSi2. The lowest BCUT2D eigenvalue weighted by Crippen LogP contribution is -2.47. The molecule has 0 rings (SSSR count). The van der Waals surface area contributed by atoms with Crippen molar-refractivity contribution in [3.8, 4) is 0 Å². The van der Waals surface area contributed by atoms with E-state index in [-0.39, 0.29) is 22.9 Å². The average molecular weight is 549 g/mol. The fourth-order valence-corrected chi connectivity index (χ4v) is 5.62. The normalized spacial score (nSPS) is 16.8. The zero-order valence-electron chi connectivity index (χ0n) is 22.2.